The Hall–Kier alpha value is -2.09. The minimum absolute atomic E-state index is 0.0208. The molecule has 2 atom stereocenters. The molecule has 124 valence electrons. The molecule has 1 aromatic rings. The number of β-lactam (4-membered cyclic amide) rings is 1. The first-order valence-corrected chi connectivity index (χ1v) is 8.17. The van der Waals surface area contributed by atoms with Gasteiger partial charge in [-0.3, -0.25) is 24.6 Å². The SMILES string of the molecule is CCCC1C(=O)N(COC(C)=O)C1Sc1ccc([N+](=O)[O-])cc1. The largest absolute Gasteiger partial charge is 0.444 e. The Bertz CT molecular complexity index is 604. The first-order chi connectivity index (χ1) is 10.9. The number of nitro groups is 1. The maximum absolute atomic E-state index is 12.1. The highest BCUT2D eigenvalue weighted by molar-refractivity contribution is 8.00. The first kappa shape index (κ1) is 17.3. The molecule has 0 spiro atoms. The van der Waals surface area contributed by atoms with Crippen LogP contribution >= 0.6 is 11.8 Å². The summed E-state index contributed by atoms with van der Waals surface area (Å²) in [5, 5.41) is 10.6. The van der Waals surface area contributed by atoms with Crippen molar-refractivity contribution < 1.29 is 19.2 Å². The average molecular weight is 338 g/mol. The van der Waals surface area contributed by atoms with Gasteiger partial charge in [-0.15, -0.1) is 11.8 Å². The van der Waals surface area contributed by atoms with Crippen LogP contribution in [-0.2, 0) is 14.3 Å². The average Bonchev–Trinajstić information content (AvgIpc) is 2.52. The summed E-state index contributed by atoms with van der Waals surface area (Å²) in [5.41, 5.74) is 0.0286. The molecule has 0 aliphatic carbocycles. The van der Waals surface area contributed by atoms with Gasteiger partial charge in [-0.25, -0.2) is 0 Å². The zero-order valence-corrected chi connectivity index (χ0v) is 13.7. The fraction of sp³-hybridized carbons (Fsp3) is 0.467. The number of non-ortho nitro benzene ring substituents is 1. The first-order valence-electron chi connectivity index (χ1n) is 7.29. The summed E-state index contributed by atoms with van der Waals surface area (Å²) in [6.45, 7) is 3.25. The van der Waals surface area contributed by atoms with E-state index in [0.29, 0.717) is 0 Å². The Balaban J connectivity index is 2.07. The van der Waals surface area contributed by atoms with Crippen molar-refractivity contribution in [2.45, 2.75) is 37.0 Å². The summed E-state index contributed by atoms with van der Waals surface area (Å²) in [7, 11) is 0. The number of thioether (sulfide) groups is 1. The van der Waals surface area contributed by atoms with Crippen LogP contribution in [0, 0.1) is 16.0 Å². The summed E-state index contributed by atoms with van der Waals surface area (Å²) in [5.74, 6) is -0.570. The molecule has 7 nitrogen and oxygen atoms in total. The number of likely N-dealkylation sites (tertiary alicyclic amines) is 1. The van der Waals surface area contributed by atoms with Gasteiger partial charge in [0.15, 0.2) is 6.73 Å². The molecule has 0 aromatic heterocycles. The third-order valence-electron chi connectivity index (χ3n) is 3.56. The van der Waals surface area contributed by atoms with E-state index in [1.165, 1.54) is 35.7 Å². The molecule has 1 fully saturated rings. The van der Waals surface area contributed by atoms with E-state index < -0.39 is 10.9 Å². The standard InChI is InChI=1S/C15H18N2O5S/c1-3-4-13-14(19)16(9-22-10(2)18)15(13)23-12-7-5-11(6-8-12)17(20)21/h5-8,13,15H,3-4,9H2,1-2H3. The molecule has 1 aliphatic heterocycles. The molecule has 8 heteroatoms. The lowest BCUT2D eigenvalue weighted by molar-refractivity contribution is -0.384. The fourth-order valence-corrected chi connectivity index (χ4v) is 3.68. The van der Waals surface area contributed by atoms with Crippen LogP contribution in [0.5, 0.6) is 0 Å². The molecule has 1 saturated heterocycles. The van der Waals surface area contributed by atoms with Gasteiger partial charge in [-0.05, 0) is 18.6 Å². The molecular weight excluding hydrogens is 320 g/mol. The number of amides is 1. The Kier molecular flexibility index (Phi) is 5.59. The van der Waals surface area contributed by atoms with Crippen molar-refractivity contribution in [3.63, 3.8) is 0 Å². The second-order valence-electron chi connectivity index (χ2n) is 5.23. The fourth-order valence-electron chi connectivity index (χ4n) is 2.40. The van der Waals surface area contributed by atoms with E-state index in [-0.39, 0.29) is 29.6 Å². The van der Waals surface area contributed by atoms with Crippen molar-refractivity contribution in [1.82, 2.24) is 4.90 Å². The Morgan fingerprint density at radius 3 is 2.57 bits per heavy atom. The molecule has 1 aromatic carbocycles. The zero-order valence-electron chi connectivity index (χ0n) is 12.9. The highest BCUT2D eigenvalue weighted by Gasteiger charge is 2.47. The number of esters is 1. The van der Waals surface area contributed by atoms with Crippen molar-refractivity contribution >= 4 is 29.3 Å². The van der Waals surface area contributed by atoms with Gasteiger partial charge in [0.2, 0.25) is 5.91 Å². The lowest BCUT2D eigenvalue weighted by Crippen LogP contribution is -2.59. The van der Waals surface area contributed by atoms with E-state index >= 15 is 0 Å². The van der Waals surface area contributed by atoms with Crippen LogP contribution in [0.1, 0.15) is 26.7 Å². The monoisotopic (exact) mass is 338 g/mol. The predicted molar refractivity (Wildman–Crippen MR) is 84.6 cm³/mol. The van der Waals surface area contributed by atoms with Crippen molar-refractivity contribution in [2.24, 2.45) is 5.92 Å². The summed E-state index contributed by atoms with van der Waals surface area (Å²) in [4.78, 5) is 35.7. The summed E-state index contributed by atoms with van der Waals surface area (Å²) in [6.07, 6.45) is 1.65. The van der Waals surface area contributed by atoms with Gasteiger partial charge in [-0.1, -0.05) is 13.3 Å². The van der Waals surface area contributed by atoms with Gasteiger partial charge >= 0.3 is 5.97 Å². The molecule has 0 saturated carbocycles. The molecule has 1 amide bonds. The van der Waals surface area contributed by atoms with Gasteiger partial charge in [-0.2, -0.15) is 0 Å². The number of hydrogen-bond donors (Lipinski definition) is 0. The number of nitro benzene ring substituents is 1. The van der Waals surface area contributed by atoms with Crippen molar-refractivity contribution in [3.05, 3.63) is 34.4 Å². The minimum atomic E-state index is -0.450. The lowest BCUT2D eigenvalue weighted by Gasteiger charge is -2.46. The number of nitrogens with zero attached hydrogens (tertiary/aromatic N) is 2. The zero-order chi connectivity index (χ0) is 17.0. The summed E-state index contributed by atoms with van der Waals surface area (Å²) < 4.78 is 4.92. The maximum atomic E-state index is 12.1. The lowest BCUT2D eigenvalue weighted by atomic mass is 9.94. The third kappa shape index (κ3) is 4.01. The van der Waals surface area contributed by atoms with E-state index in [0.717, 1.165) is 17.7 Å². The van der Waals surface area contributed by atoms with Gasteiger partial charge in [0.1, 0.15) is 0 Å². The van der Waals surface area contributed by atoms with Gasteiger partial charge < -0.3 is 4.74 Å². The van der Waals surface area contributed by atoms with Crippen LogP contribution < -0.4 is 0 Å². The molecule has 1 aliphatic rings. The molecule has 0 bridgehead atoms. The Morgan fingerprint density at radius 2 is 2.04 bits per heavy atom. The van der Waals surface area contributed by atoms with Crippen molar-refractivity contribution in [1.29, 1.82) is 0 Å². The number of rotatable bonds is 7. The Labute approximate surface area is 138 Å². The second kappa shape index (κ2) is 7.45. The quantitative estimate of drug-likeness (QED) is 0.329. The summed E-state index contributed by atoms with van der Waals surface area (Å²) >= 11 is 1.45. The van der Waals surface area contributed by atoms with E-state index in [9.17, 15) is 19.7 Å². The highest BCUT2D eigenvalue weighted by atomic mass is 32.2. The predicted octanol–water partition coefficient (Wildman–Crippen LogP) is 2.79. The smallest absolute Gasteiger partial charge is 0.304 e. The molecule has 23 heavy (non-hydrogen) atoms. The van der Waals surface area contributed by atoms with Crippen molar-refractivity contribution in [2.75, 3.05) is 6.73 Å². The second-order valence-corrected chi connectivity index (χ2v) is 6.42. The number of ether oxygens (including phenoxy) is 1. The molecule has 2 unspecified atom stereocenters. The third-order valence-corrected chi connectivity index (χ3v) is 4.93. The van der Waals surface area contributed by atoms with Crippen LogP contribution in [-0.4, -0.2) is 33.8 Å². The normalized spacial score (nSPS) is 20.1. The molecule has 1 heterocycles. The maximum Gasteiger partial charge on any atom is 0.304 e. The van der Waals surface area contributed by atoms with Crippen LogP contribution in [0.3, 0.4) is 0 Å². The number of carbonyl (C=O) groups is 2. The minimum Gasteiger partial charge on any atom is -0.444 e. The van der Waals surface area contributed by atoms with Gasteiger partial charge in [0.05, 0.1) is 16.2 Å². The Morgan fingerprint density at radius 1 is 1.39 bits per heavy atom. The highest BCUT2D eigenvalue weighted by Crippen LogP contribution is 2.41. The van der Waals surface area contributed by atoms with Crippen molar-refractivity contribution in [3.8, 4) is 0 Å². The van der Waals surface area contributed by atoms with Crippen LogP contribution in [0.2, 0.25) is 0 Å². The summed E-state index contributed by atoms with van der Waals surface area (Å²) in [6, 6.07) is 6.21. The van der Waals surface area contributed by atoms with E-state index in [1.807, 2.05) is 6.92 Å². The number of hydrogen-bond acceptors (Lipinski definition) is 6. The topological polar surface area (TPSA) is 89.8 Å². The number of benzene rings is 1. The molecule has 2 rings (SSSR count). The van der Waals surface area contributed by atoms with Crippen LogP contribution in [0.4, 0.5) is 5.69 Å². The van der Waals surface area contributed by atoms with Crippen LogP contribution in [0.25, 0.3) is 0 Å². The van der Waals surface area contributed by atoms with E-state index in [4.69, 9.17) is 4.74 Å². The van der Waals surface area contributed by atoms with Crippen LogP contribution in [0.15, 0.2) is 29.2 Å². The molecular formula is C15H18N2O5S. The van der Waals surface area contributed by atoms with Gasteiger partial charge in [0.25, 0.3) is 5.69 Å². The van der Waals surface area contributed by atoms with E-state index in [2.05, 4.69) is 0 Å². The van der Waals surface area contributed by atoms with Gasteiger partial charge in [0, 0.05) is 24.0 Å². The molecule has 0 N–H and O–H groups in total. The number of carbonyl (C=O) groups excluding carboxylic acids is 2. The molecule has 0 radical (unpaired) electrons. The van der Waals surface area contributed by atoms with E-state index in [1.54, 1.807) is 12.1 Å².